The molecule has 20 heavy (non-hydrogen) atoms. The molecule has 2 rings (SSSR count). The summed E-state index contributed by atoms with van der Waals surface area (Å²) in [6.45, 7) is 3.80. The van der Waals surface area contributed by atoms with Crippen molar-refractivity contribution in [1.29, 1.82) is 0 Å². The summed E-state index contributed by atoms with van der Waals surface area (Å²) in [7, 11) is 3.25. The molecule has 1 atom stereocenters. The number of hydrogen-bond donors (Lipinski definition) is 1. The lowest BCUT2D eigenvalue weighted by molar-refractivity contribution is -0.147. The van der Waals surface area contributed by atoms with Crippen molar-refractivity contribution in [3.8, 4) is 0 Å². The van der Waals surface area contributed by atoms with Gasteiger partial charge in [-0.2, -0.15) is 0 Å². The minimum Gasteiger partial charge on any atom is -0.468 e. The number of nitrogens with one attached hydrogen (secondary N) is 1. The first-order valence-corrected chi connectivity index (χ1v) is 7.21. The fraction of sp³-hybridized carbons (Fsp3) is 0.562. The van der Waals surface area contributed by atoms with Crippen molar-refractivity contribution in [2.45, 2.75) is 31.7 Å². The van der Waals surface area contributed by atoms with Crippen molar-refractivity contribution >= 4 is 11.7 Å². The maximum atomic E-state index is 11.9. The molecule has 0 aromatic heterocycles. The second-order valence-corrected chi connectivity index (χ2v) is 5.54. The highest BCUT2D eigenvalue weighted by molar-refractivity contribution is 5.80. The largest absolute Gasteiger partial charge is 0.468 e. The monoisotopic (exact) mass is 276 g/mol. The molecule has 1 aromatic carbocycles. The Balaban J connectivity index is 2.06. The molecule has 0 fully saturated rings. The minimum atomic E-state index is -0.624. The molecule has 1 heterocycles. The van der Waals surface area contributed by atoms with Gasteiger partial charge < -0.3 is 15.0 Å². The lowest BCUT2D eigenvalue weighted by Crippen LogP contribution is -2.50. The van der Waals surface area contributed by atoms with Gasteiger partial charge in [-0.05, 0) is 44.9 Å². The Morgan fingerprint density at radius 1 is 1.45 bits per heavy atom. The van der Waals surface area contributed by atoms with Gasteiger partial charge in [-0.15, -0.1) is 0 Å². The Morgan fingerprint density at radius 2 is 2.20 bits per heavy atom. The van der Waals surface area contributed by atoms with E-state index in [1.807, 2.05) is 6.92 Å². The van der Waals surface area contributed by atoms with Gasteiger partial charge >= 0.3 is 5.97 Å². The van der Waals surface area contributed by atoms with E-state index >= 15 is 0 Å². The second kappa shape index (κ2) is 6.27. The summed E-state index contributed by atoms with van der Waals surface area (Å²) in [5.74, 6) is -0.203. The number of anilines is 1. The highest BCUT2D eigenvalue weighted by Crippen LogP contribution is 2.27. The summed E-state index contributed by atoms with van der Waals surface area (Å²) < 4.78 is 4.90. The first kappa shape index (κ1) is 14.9. The van der Waals surface area contributed by atoms with E-state index in [9.17, 15) is 4.79 Å². The highest BCUT2D eigenvalue weighted by atomic mass is 16.5. The van der Waals surface area contributed by atoms with Crippen LogP contribution in [0.15, 0.2) is 24.3 Å². The van der Waals surface area contributed by atoms with Crippen molar-refractivity contribution < 1.29 is 9.53 Å². The molecule has 0 aliphatic carbocycles. The molecule has 1 unspecified atom stereocenters. The van der Waals surface area contributed by atoms with Crippen LogP contribution in [0.1, 0.15) is 25.3 Å². The smallest absolute Gasteiger partial charge is 0.325 e. The molecule has 4 heteroatoms. The lowest BCUT2D eigenvalue weighted by atomic mass is 9.96. The molecule has 4 nitrogen and oxygen atoms in total. The number of ether oxygens (including phenoxy) is 1. The Bertz CT molecular complexity index is 475. The Morgan fingerprint density at radius 3 is 2.90 bits per heavy atom. The number of rotatable bonds is 5. The third-order valence-corrected chi connectivity index (χ3v) is 4.28. The summed E-state index contributed by atoms with van der Waals surface area (Å²) in [4.78, 5) is 14.3. The van der Waals surface area contributed by atoms with Crippen LogP contribution >= 0.6 is 0 Å². The molecule has 1 aromatic rings. The fourth-order valence-corrected chi connectivity index (χ4v) is 2.76. The zero-order valence-corrected chi connectivity index (χ0v) is 12.6. The molecule has 1 N–H and O–H groups in total. The van der Waals surface area contributed by atoms with Crippen molar-refractivity contribution in [3.05, 3.63) is 29.8 Å². The quantitative estimate of drug-likeness (QED) is 0.835. The molecule has 0 radical (unpaired) electrons. The number of carbonyl (C=O) groups is 1. The van der Waals surface area contributed by atoms with Crippen LogP contribution < -0.4 is 10.2 Å². The zero-order chi connectivity index (χ0) is 14.6. The van der Waals surface area contributed by atoms with Crippen molar-refractivity contribution in [1.82, 2.24) is 5.32 Å². The number of fused-ring (bicyclic) bond motifs is 1. The van der Waals surface area contributed by atoms with Crippen LogP contribution in [-0.4, -0.2) is 38.8 Å². The lowest BCUT2D eigenvalue weighted by Gasteiger charge is -2.34. The SMILES string of the molecule is CNC(C)(CCN1CCCc2ccccc21)C(=O)OC. The van der Waals surface area contributed by atoms with E-state index in [-0.39, 0.29) is 5.97 Å². The van der Waals surface area contributed by atoms with Crippen LogP contribution in [0.5, 0.6) is 0 Å². The molecular weight excluding hydrogens is 252 g/mol. The number of esters is 1. The Labute approximate surface area is 121 Å². The third kappa shape index (κ3) is 2.96. The topological polar surface area (TPSA) is 41.6 Å². The first-order chi connectivity index (χ1) is 9.60. The van der Waals surface area contributed by atoms with E-state index < -0.39 is 5.54 Å². The van der Waals surface area contributed by atoms with Gasteiger partial charge in [0.25, 0.3) is 0 Å². The maximum Gasteiger partial charge on any atom is 0.325 e. The average molecular weight is 276 g/mol. The van der Waals surface area contributed by atoms with E-state index in [0.717, 1.165) is 25.9 Å². The Hall–Kier alpha value is -1.55. The fourth-order valence-electron chi connectivity index (χ4n) is 2.76. The van der Waals surface area contributed by atoms with E-state index in [2.05, 4.69) is 34.5 Å². The minimum absolute atomic E-state index is 0.203. The molecule has 0 spiro atoms. The molecule has 0 amide bonds. The molecule has 110 valence electrons. The predicted molar refractivity (Wildman–Crippen MR) is 81.1 cm³/mol. The van der Waals surface area contributed by atoms with Gasteiger partial charge in [0.2, 0.25) is 0 Å². The second-order valence-electron chi connectivity index (χ2n) is 5.54. The van der Waals surface area contributed by atoms with Crippen LogP contribution in [0.25, 0.3) is 0 Å². The summed E-state index contributed by atoms with van der Waals surface area (Å²) in [5, 5.41) is 3.09. The number of methoxy groups -OCH3 is 1. The number of hydrogen-bond acceptors (Lipinski definition) is 4. The zero-order valence-electron chi connectivity index (χ0n) is 12.6. The summed E-state index contributed by atoms with van der Waals surface area (Å²) in [6, 6.07) is 8.53. The van der Waals surface area contributed by atoms with Gasteiger partial charge in [-0.1, -0.05) is 18.2 Å². The van der Waals surface area contributed by atoms with Crippen molar-refractivity contribution in [2.24, 2.45) is 0 Å². The number of likely N-dealkylation sites (N-methyl/N-ethyl adjacent to an activating group) is 1. The number of nitrogens with zero attached hydrogens (tertiary/aromatic N) is 1. The number of aryl methyl sites for hydroxylation is 1. The third-order valence-electron chi connectivity index (χ3n) is 4.28. The normalized spacial score (nSPS) is 17.2. The molecule has 1 aliphatic rings. The van der Waals surface area contributed by atoms with E-state index in [1.54, 1.807) is 7.05 Å². The summed E-state index contributed by atoms with van der Waals surface area (Å²) in [5.41, 5.74) is 2.09. The van der Waals surface area contributed by atoms with E-state index in [4.69, 9.17) is 4.74 Å². The van der Waals surface area contributed by atoms with E-state index in [1.165, 1.54) is 24.8 Å². The molecule has 0 saturated heterocycles. The predicted octanol–water partition coefficient (Wildman–Crippen LogP) is 1.98. The van der Waals surface area contributed by atoms with Gasteiger partial charge in [-0.3, -0.25) is 4.79 Å². The molecule has 1 aliphatic heterocycles. The maximum absolute atomic E-state index is 11.9. The van der Waals surface area contributed by atoms with Crippen LogP contribution in [0.2, 0.25) is 0 Å². The average Bonchev–Trinajstić information content (AvgIpc) is 2.51. The van der Waals surface area contributed by atoms with Crippen LogP contribution in [0.4, 0.5) is 5.69 Å². The van der Waals surface area contributed by atoms with Crippen molar-refractivity contribution in [3.63, 3.8) is 0 Å². The van der Waals surface area contributed by atoms with Gasteiger partial charge in [0.1, 0.15) is 5.54 Å². The summed E-state index contributed by atoms with van der Waals surface area (Å²) >= 11 is 0. The van der Waals surface area contributed by atoms with Crippen LogP contribution in [0, 0.1) is 0 Å². The molecular formula is C16H24N2O2. The molecule has 0 bridgehead atoms. The van der Waals surface area contributed by atoms with Gasteiger partial charge in [0.15, 0.2) is 0 Å². The summed E-state index contributed by atoms with van der Waals surface area (Å²) in [6.07, 6.45) is 3.04. The molecule has 0 saturated carbocycles. The number of benzene rings is 1. The number of carbonyl (C=O) groups excluding carboxylic acids is 1. The van der Waals surface area contributed by atoms with Gasteiger partial charge in [0.05, 0.1) is 7.11 Å². The van der Waals surface area contributed by atoms with Crippen LogP contribution in [0.3, 0.4) is 0 Å². The van der Waals surface area contributed by atoms with Gasteiger partial charge in [0, 0.05) is 18.8 Å². The van der Waals surface area contributed by atoms with Crippen molar-refractivity contribution in [2.75, 3.05) is 32.1 Å². The first-order valence-electron chi connectivity index (χ1n) is 7.21. The number of para-hydroxylation sites is 1. The van der Waals surface area contributed by atoms with Crippen LogP contribution in [-0.2, 0) is 16.0 Å². The highest BCUT2D eigenvalue weighted by Gasteiger charge is 2.33. The standard InChI is InChI=1S/C16H24N2O2/c1-16(17-2,15(19)20-3)10-12-18-11-6-8-13-7-4-5-9-14(13)18/h4-5,7,9,17H,6,8,10-12H2,1-3H3. The van der Waals surface area contributed by atoms with E-state index in [0.29, 0.717) is 0 Å². The Kier molecular flexibility index (Phi) is 4.65. The van der Waals surface area contributed by atoms with Gasteiger partial charge in [-0.25, -0.2) is 0 Å².